The van der Waals surface area contributed by atoms with Crippen molar-refractivity contribution in [2.45, 2.75) is 131 Å². The lowest BCUT2D eigenvalue weighted by Gasteiger charge is -2.53. The van der Waals surface area contributed by atoms with E-state index in [9.17, 15) is 9.50 Å². The van der Waals surface area contributed by atoms with E-state index in [1.165, 1.54) is 62.0 Å². The summed E-state index contributed by atoms with van der Waals surface area (Å²) in [4.78, 5) is 7.02. The maximum absolute atomic E-state index is 14.0. The van der Waals surface area contributed by atoms with Crippen LogP contribution < -0.4 is 0 Å². The molecule has 4 heteroatoms. The maximum atomic E-state index is 14.0. The predicted molar refractivity (Wildman–Crippen MR) is 200 cm³/mol. The van der Waals surface area contributed by atoms with Crippen molar-refractivity contribution >= 4 is 5.57 Å². The number of rotatable bonds is 8. The second-order valence-corrected chi connectivity index (χ2v) is 16.3. The number of aryl methyl sites for hydroxylation is 1. The van der Waals surface area contributed by atoms with Crippen LogP contribution in [0.2, 0.25) is 0 Å². The van der Waals surface area contributed by atoms with Gasteiger partial charge in [0, 0.05) is 42.5 Å². The lowest BCUT2D eigenvalue weighted by molar-refractivity contribution is -0.0406. The standard InChI is InChI=1S/C17H21F.C14H25NO.C12H17N/c1-11(2)14(6)10-16(12(3)4)15-8-7-13(5)9-17(15)18;1-11(2)8-14(3)9-15(10-14)12-4-6-13(16)7-5-12;1-12(2,3)10-6-7-13-11(8-10)9-4-5-9/h7-10,12H,1,6H2,2-5H3;12-13,16H,1,4-10H2,2-3H3;6-9H,4-5H2,1-3H3/b16-10+;;. The molecular formula is C43H63FN2O. The van der Waals surface area contributed by atoms with Gasteiger partial charge in [0.05, 0.1) is 6.10 Å². The number of benzene rings is 1. The van der Waals surface area contributed by atoms with Crippen molar-refractivity contribution in [2.24, 2.45) is 11.3 Å². The Morgan fingerprint density at radius 1 is 1.02 bits per heavy atom. The minimum absolute atomic E-state index is 0.0284. The molecule has 5 rings (SSSR count). The van der Waals surface area contributed by atoms with Gasteiger partial charge >= 0.3 is 0 Å². The molecule has 2 aliphatic carbocycles. The highest BCUT2D eigenvalue weighted by molar-refractivity contribution is 5.71. The van der Waals surface area contributed by atoms with Crippen molar-refractivity contribution in [3.63, 3.8) is 0 Å². The SMILES string of the molecule is C=C(C)C(=C)/C=C(/c1ccc(C)cc1F)C(C)C.C=C(C)CC1(C)CN(C2CCC(O)CC2)C1.CC(C)(C)c1ccnc(C2CC2)c1. The molecule has 1 N–H and O–H groups in total. The summed E-state index contributed by atoms with van der Waals surface area (Å²) in [5, 5.41) is 9.49. The zero-order valence-corrected chi connectivity index (χ0v) is 31.1. The Labute approximate surface area is 286 Å². The summed E-state index contributed by atoms with van der Waals surface area (Å²) in [5.74, 6) is 0.824. The molecule has 1 aromatic heterocycles. The highest BCUT2D eigenvalue weighted by Gasteiger charge is 2.42. The summed E-state index contributed by atoms with van der Waals surface area (Å²) in [6, 6.07) is 10.5. The van der Waals surface area contributed by atoms with Crippen LogP contribution in [0.15, 0.2) is 79.1 Å². The van der Waals surface area contributed by atoms with Crippen LogP contribution in [0.4, 0.5) is 4.39 Å². The Bertz CT molecular complexity index is 1410. The third-order valence-corrected chi connectivity index (χ3v) is 9.66. The van der Waals surface area contributed by atoms with Gasteiger partial charge in [0.15, 0.2) is 0 Å². The first-order chi connectivity index (χ1) is 21.9. The zero-order chi connectivity index (χ0) is 35.1. The average molecular weight is 643 g/mol. The summed E-state index contributed by atoms with van der Waals surface area (Å²) in [5.41, 5.74) is 9.03. The zero-order valence-electron chi connectivity index (χ0n) is 31.1. The lowest BCUT2D eigenvalue weighted by atomic mass is 9.75. The predicted octanol–water partition coefficient (Wildman–Crippen LogP) is 11.1. The van der Waals surface area contributed by atoms with Crippen molar-refractivity contribution in [1.82, 2.24) is 9.88 Å². The third kappa shape index (κ3) is 12.0. The third-order valence-electron chi connectivity index (χ3n) is 9.66. The molecule has 0 amide bonds. The quantitative estimate of drug-likeness (QED) is 0.230. The normalized spacial score (nSPS) is 21.1. The fraction of sp³-hybridized carbons (Fsp3) is 0.558. The summed E-state index contributed by atoms with van der Waals surface area (Å²) < 4.78 is 14.0. The van der Waals surface area contributed by atoms with Gasteiger partial charge in [0.25, 0.3) is 0 Å². The minimum Gasteiger partial charge on any atom is -0.393 e. The molecule has 2 saturated carbocycles. The monoisotopic (exact) mass is 642 g/mol. The second-order valence-electron chi connectivity index (χ2n) is 16.3. The number of nitrogens with zero attached hydrogens (tertiary/aromatic N) is 2. The van der Waals surface area contributed by atoms with Crippen molar-refractivity contribution < 1.29 is 9.50 Å². The van der Waals surface area contributed by atoms with Gasteiger partial charge in [-0.1, -0.05) is 84.1 Å². The molecule has 3 nitrogen and oxygen atoms in total. The van der Waals surface area contributed by atoms with E-state index in [1.807, 2.05) is 38.3 Å². The molecule has 2 heterocycles. The van der Waals surface area contributed by atoms with E-state index in [4.69, 9.17) is 0 Å². The van der Waals surface area contributed by atoms with Crippen LogP contribution in [0.25, 0.3) is 5.57 Å². The van der Waals surface area contributed by atoms with Crippen LogP contribution in [-0.4, -0.2) is 40.2 Å². The van der Waals surface area contributed by atoms with Gasteiger partial charge in [-0.3, -0.25) is 9.88 Å². The summed E-state index contributed by atoms with van der Waals surface area (Å²) in [7, 11) is 0. The molecule has 1 saturated heterocycles. The van der Waals surface area contributed by atoms with Crippen LogP contribution in [-0.2, 0) is 5.41 Å². The van der Waals surface area contributed by atoms with Gasteiger partial charge < -0.3 is 5.11 Å². The van der Waals surface area contributed by atoms with Gasteiger partial charge in [-0.05, 0) is 123 Å². The molecule has 2 aromatic rings. The lowest BCUT2D eigenvalue weighted by Crippen LogP contribution is -2.59. The first-order valence-corrected chi connectivity index (χ1v) is 17.7. The number of aliphatic hydroxyl groups is 1. The van der Waals surface area contributed by atoms with Crippen LogP contribution in [0.5, 0.6) is 0 Å². The highest BCUT2D eigenvalue weighted by Crippen LogP contribution is 2.40. The summed E-state index contributed by atoms with van der Waals surface area (Å²) >= 11 is 0. The number of hydrogen-bond acceptors (Lipinski definition) is 3. The average Bonchev–Trinajstić information content (AvgIpc) is 3.81. The Kier molecular flexibility index (Phi) is 13.6. The number of pyridine rings is 1. The molecule has 0 atom stereocenters. The van der Waals surface area contributed by atoms with E-state index in [0.717, 1.165) is 47.1 Å². The van der Waals surface area contributed by atoms with E-state index in [0.29, 0.717) is 11.0 Å². The number of halogens is 1. The van der Waals surface area contributed by atoms with Crippen LogP contribution in [0.1, 0.15) is 129 Å². The molecular weight excluding hydrogens is 579 g/mol. The number of aromatic nitrogens is 1. The molecule has 0 radical (unpaired) electrons. The van der Waals surface area contributed by atoms with Gasteiger partial charge in [-0.25, -0.2) is 4.39 Å². The van der Waals surface area contributed by atoms with Crippen LogP contribution in [0.3, 0.4) is 0 Å². The molecule has 0 unspecified atom stereocenters. The number of aliphatic hydroxyl groups excluding tert-OH is 1. The number of hydrogen-bond donors (Lipinski definition) is 1. The molecule has 0 spiro atoms. The molecule has 1 aliphatic heterocycles. The van der Waals surface area contributed by atoms with Crippen molar-refractivity contribution in [2.75, 3.05) is 13.1 Å². The van der Waals surface area contributed by atoms with Crippen molar-refractivity contribution in [3.05, 3.63) is 107 Å². The smallest absolute Gasteiger partial charge is 0.130 e. The molecule has 3 aliphatic rings. The minimum atomic E-state index is -0.176. The van der Waals surface area contributed by atoms with Crippen molar-refractivity contribution in [3.8, 4) is 0 Å². The Morgan fingerprint density at radius 2 is 1.64 bits per heavy atom. The number of likely N-dealkylation sites (tertiary alicyclic amines) is 1. The maximum Gasteiger partial charge on any atom is 0.130 e. The first-order valence-electron chi connectivity index (χ1n) is 17.7. The number of allylic oxidation sites excluding steroid dienone is 5. The van der Waals surface area contributed by atoms with Crippen LogP contribution >= 0.6 is 0 Å². The van der Waals surface area contributed by atoms with Gasteiger partial charge in [-0.2, -0.15) is 0 Å². The molecule has 3 fully saturated rings. The Balaban J connectivity index is 0.000000194. The van der Waals surface area contributed by atoms with E-state index in [-0.39, 0.29) is 23.3 Å². The van der Waals surface area contributed by atoms with E-state index < -0.39 is 0 Å². The first kappa shape index (κ1) is 38.6. The van der Waals surface area contributed by atoms with Crippen LogP contribution in [0, 0.1) is 24.1 Å². The van der Waals surface area contributed by atoms with Gasteiger partial charge in [0.2, 0.25) is 0 Å². The Morgan fingerprint density at radius 3 is 2.13 bits per heavy atom. The van der Waals surface area contributed by atoms with E-state index in [1.54, 1.807) is 6.07 Å². The van der Waals surface area contributed by atoms with Crippen molar-refractivity contribution in [1.29, 1.82) is 0 Å². The molecule has 1 aromatic carbocycles. The van der Waals surface area contributed by atoms with E-state index >= 15 is 0 Å². The summed E-state index contributed by atoms with van der Waals surface area (Å²) in [6.45, 7) is 33.4. The second kappa shape index (κ2) is 16.5. The Hall–Kier alpha value is -2.82. The molecule has 258 valence electrons. The topological polar surface area (TPSA) is 36.4 Å². The fourth-order valence-corrected chi connectivity index (χ4v) is 6.69. The summed E-state index contributed by atoms with van der Waals surface area (Å²) in [6.07, 6.45) is 12.1. The largest absolute Gasteiger partial charge is 0.393 e. The van der Waals surface area contributed by atoms with Gasteiger partial charge in [0.1, 0.15) is 5.82 Å². The fourth-order valence-electron chi connectivity index (χ4n) is 6.69. The molecule has 47 heavy (non-hydrogen) atoms. The highest BCUT2D eigenvalue weighted by atomic mass is 19.1. The van der Waals surface area contributed by atoms with E-state index in [2.05, 4.69) is 90.2 Å². The van der Waals surface area contributed by atoms with Gasteiger partial charge in [-0.15, -0.1) is 6.58 Å². The molecule has 0 bridgehead atoms.